The summed E-state index contributed by atoms with van der Waals surface area (Å²) in [4.78, 5) is 50.7. The van der Waals surface area contributed by atoms with Crippen LogP contribution in [0.4, 0.5) is 9.59 Å². The minimum absolute atomic E-state index is 0.0133. The van der Waals surface area contributed by atoms with E-state index < -0.39 is 46.6 Å². The number of carbonyl (C=O) groups excluding carboxylic acids is 3. The van der Waals surface area contributed by atoms with Crippen LogP contribution in [0.5, 0.6) is 11.5 Å². The average molecular weight is 596 g/mol. The van der Waals surface area contributed by atoms with Crippen molar-refractivity contribution in [1.29, 1.82) is 0 Å². The topological polar surface area (TPSA) is 147 Å². The molecule has 1 rings (SSSR count). The Morgan fingerprint density at radius 3 is 1.74 bits per heavy atom. The highest BCUT2D eigenvalue weighted by Gasteiger charge is 2.44. The number of benzene rings is 1. The molecule has 0 aliphatic carbocycles. The van der Waals surface area contributed by atoms with Gasteiger partial charge in [-0.15, -0.1) is 0 Å². The van der Waals surface area contributed by atoms with Crippen LogP contribution < -0.4 is 14.8 Å². The number of nitrogens with one attached hydrogen (secondary N) is 1. The largest absolute Gasteiger partial charge is 0.514 e. The van der Waals surface area contributed by atoms with Crippen LogP contribution in [0.25, 0.3) is 0 Å². The van der Waals surface area contributed by atoms with Crippen molar-refractivity contribution in [2.45, 2.75) is 131 Å². The molecule has 0 fully saturated rings. The third-order valence-electron chi connectivity index (χ3n) is 6.67. The number of hydrogen-bond acceptors (Lipinski definition) is 10. The van der Waals surface area contributed by atoms with E-state index in [1.807, 2.05) is 41.5 Å². The van der Waals surface area contributed by atoms with Crippen molar-refractivity contribution in [2.24, 2.45) is 5.41 Å². The van der Waals surface area contributed by atoms with Crippen LogP contribution in [0.2, 0.25) is 0 Å². The second-order valence-electron chi connectivity index (χ2n) is 12.9. The van der Waals surface area contributed by atoms with Gasteiger partial charge in [-0.05, 0) is 77.0 Å². The predicted molar refractivity (Wildman–Crippen MR) is 157 cm³/mol. The number of carboxylic acid groups (broad SMARTS) is 1. The SMILES string of the molecule is CCC(C)N[C@@](Cc1ccc(OC(=O)OC(C)(C)CC)c(OC(=O)OC(C)(C)CC)c1)(OC(=O)CC(C)(C)C)C(=O)O. The Labute approximate surface area is 249 Å². The molecule has 0 aliphatic heterocycles. The first-order valence-corrected chi connectivity index (χ1v) is 14.3. The molecule has 0 spiro atoms. The Morgan fingerprint density at radius 2 is 1.31 bits per heavy atom. The lowest BCUT2D eigenvalue weighted by molar-refractivity contribution is -0.185. The lowest BCUT2D eigenvalue weighted by Gasteiger charge is -2.34. The van der Waals surface area contributed by atoms with Crippen LogP contribution in [-0.2, 0) is 30.2 Å². The minimum Gasteiger partial charge on any atom is -0.477 e. The molecule has 1 aromatic rings. The van der Waals surface area contributed by atoms with Gasteiger partial charge >= 0.3 is 24.2 Å². The normalized spacial score (nSPS) is 14.3. The molecule has 0 saturated heterocycles. The molecule has 0 radical (unpaired) electrons. The number of hydrogen-bond donors (Lipinski definition) is 2. The van der Waals surface area contributed by atoms with Crippen LogP contribution in [-0.4, -0.2) is 52.3 Å². The molecule has 238 valence electrons. The molecular weight excluding hydrogens is 546 g/mol. The van der Waals surface area contributed by atoms with Gasteiger partial charge in [0.1, 0.15) is 11.2 Å². The van der Waals surface area contributed by atoms with Gasteiger partial charge in [0.15, 0.2) is 11.5 Å². The zero-order valence-corrected chi connectivity index (χ0v) is 27.0. The van der Waals surface area contributed by atoms with Gasteiger partial charge in [0.2, 0.25) is 0 Å². The third kappa shape index (κ3) is 12.3. The van der Waals surface area contributed by atoms with Crippen molar-refractivity contribution in [2.75, 3.05) is 0 Å². The van der Waals surface area contributed by atoms with Crippen molar-refractivity contribution >= 4 is 24.2 Å². The van der Waals surface area contributed by atoms with Crippen LogP contribution >= 0.6 is 0 Å². The standard InChI is InChI=1S/C31H49NO10/c1-12-20(4)32-31(25(34)35,40-24(33)19-28(5,6)7)18-21-15-16-22(38-26(36)41-29(8,9)13-2)23(17-21)39-27(37)42-30(10,11)14-3/h15-17,20,32H,12-14,18-19H2,1-11H3,(H,34,35)/t20?,31-/m0/s1. The molecule has 0 aromatic heterocycles. The Kier molecular flexibility index (Phi) is 12.8. The summed E-state index contributed by atoms with van der Waals surface area (Å²) < 4.78 is 27.2. The van der Waals surface area contributed by atoms with Gasteiger partial charge in [-0.25, -0.2) is 14.4 Å². The first kappa shape index (κ1) is 36.7. The van der Waals surface area contributed by atoms with Crippen LogP contribution in [0.3, 0.4) is 0 Å². The summed E-state index contributed by atoms with van der Waals surface area (Å²) in [5.74, 6) is -2.45. The van der Waals surface area contributed by atoms with Gasteiger partial charge in [0, 0.05) is 12.5 Å². The molecule has 0 heterocycles. The molecule has 0 aliphatic rings. The summed E-state index contributed by atoms with van der Waals surface area (Å²) >= 11 is 0. The molecular formula is C31H49NO10. The second kappa shape index (κ2) is 14.7. The first-order valence-electron chi connectivity index (χ1n) is 14.3. The monoisotopic (exact) mass is 595 g/mol. The van der Waals surface area contributed by atoms with E-state index >= 15 is 0 Å². The fourth-order valence-corrected chi connectivity index (χ4v) is 3.39. The molecule has 42 heavy (non-hydrogen) atoms. The lowest BCUT2D eigenvalue weighted by Crippen LogP contribution is -2.59. The summed E-state index contributed by atoms with van der Waals surface area (Å²) in [5, 5.41) is 13.3. The summed E-state index contributed by atoms with van der Waals surface area (Å²) in [7, 11) is 0. The maximum atomic E-state index is 12.8. The Hall–Kier alpha value is -3.34. The van der Waals surface area contributed by atoms with E-state index in [2.05, 4.69) is 5.32 Å². The van der Waals surface area contributed by atoms with E-state index in [1.165, 1.54) is 18.2 Å². The second-order valence-corrected chi connectivity index (χ2v) is 12.9. The van der Waals surface area contributed by atoms with Crippen molar-refractivity contribution in [3.05, 3.63) is 23.8 Å². The predicted octanol–water partition coefficient (Wildman–Crippen LogP) is 6.79. The van der Waals surface area contributed by atoms with Gasteiger partial charge in [-0.1, -0.05) is 47.6 Å². The summed E-state index contributed by atoms with van der Waals surface area (Å²) in [6.45, 7) is 19.7. The summed E-state index contributed by atoms with van der Waals surface area (Å²) in [5.41, 5.74) is -3.90. The Morgan fingerprint density at radius 1 is 0.810 bits per heavy atom. The zero-order valence-electron chi connectivity index (χ0n) is 27.0. The lowest BCUT2D eigenvalue weighted by atomic mass is 9.92. The van der Waals surface area contributed by atoms with E-state index in [-0.39, 0.29) is 30.4 Å². The highest BCUT2D eigenvalue weighted by molar-refractivity contribution is 5.82. The van der Waals surface area contributed by atoms with E-state index in [9.17, 15) is 24.3 Å². The van der Waals surface area contributed by atoms with E-state index in [1.54, 1.807) is 34.6 Å². The highest BCUT2D eigenvalue weighted by atomic mass is 16.8. The average Bonchev–Trinajstić information content (AvgIpc) is 2.83. The molecule has 11 nitrogen and oxygen atoms in total. The third-order valence-corrected chi connectivity index (χ3v) is 6.67. The number of esters is 1. The number of carbonyl (C=O) groups is 4. The van der Waals surface area contributed by atoms with Gasteiger partial charge in [-0.2, -0.15) is 0 Å². The van der Waals surface area contributed by atoms with Crippen LogP contribution in [0, 0.1) is 5.41 Å². The molecule has 11 heteroatoms. The molecule has 0 bridgehead atoms. The molecule has 0 amide bonds. The first-order chi connectivity index (χ1) is 19.2. The minimum atomic E-state index is -2.13. The van der Waals surface area contributed by atoms with Crippen molar-refractivity contribution in [1.82, 2.24) is 5.32 Å². The number of aliphatic carboxylic acids is 1. The Balaban J connectivity index is 3.55. The maximum Gasteiger partial charge on any atom is 0.514 e. The van der Waals surface area contributed by atoms with Crippen molar-refractivity contribution in [3.63, 3.8) is 0 Å². The van der Waals surface area contributed by atoms with Crippen molar-refractivity contribution in [3.8, 4) is 11.5 Å². The van der Waals surface area contributed by atoms with Crippen LogP contribution in [0.15, 0.2) is 18.2 Å². The molecule has 1 unspecified atom stereocenters. The van der Waals surface area contributed by atoms with Gasteiger partial charge < -0.3 is 28.8 Å². The smallest absolute Gasteiger partial charge is 0.477 e. The van der Waals surface area contributed by atoms with Gasteiger partial charge in [-0.3, -0.25) is 10.1 Å². The van der Waals surface area contributed by atoms with Crippen LogP contribution in [0.1, 0.15) is 107 Å². The maximum absolute atomic E-state index is 12.8. The van der Waals surface area contributed by atoms with E-state index in [4.69, 9.17) is 23.7 Å². The van der Waals surface area contributed by atoms with E-state index in [0.29, 0.717) is 24.8 Å². The quantitative estimate of drug-likeness (QED) is 0.101. The Bertz CT molecular complexity index is 1110. The molecule has 2 N–H and O–H groups in total. The molecule has 0 saturated carbocycles. The highest BCUT2D eigenvalue weighted by Crippen LogP contribution is 2.33. The number of rotatable bonds is 14. The van der Waals surface area contributed by atoms with Crippen molar-refractivity contribution < 1.29 is 48.0 Å². The number of ether oxygens (including phenoxy) is 5. The fourth-order valence-electron chi connectivity index (χ4n) is 3.39. The molecule has 2 atom stereocenters. The number of carboxylic acids is 1. The summed E-state index contributed by atoms with van der Waals surface area (Å²) in [6.07, 6.45) is -0.824. The molecule has 1 aromatic carbocycles. The fraction of sp³-hybridized carbons (Fsp3) is 0.677. The summed E-state index contributed by atoms with van der Waals surface area (Å²) in [6, 6.07) is 3.83. The van der Waals surface area contributed by atoms with Gasteiger partial charge in [0.05, 0.1) is 6.42 Å². The van der Waals surface area contributed by atoms with Gasteiger partial charge in [0.25, 0.3) is 5.72 Å². The zero-order chi connectivity index (χ0) is 32.5. The van der Waals surface area contributed by atoms with E-state index in [0.717, 1.165) is 0 Å².